The number of hydrogen-bond donors (Lipinski definition) is 0. The van der Waals surface area contributed by atoms with Gasteiger partial charge in [-0.1, -0.05) is 0 Å². The van der Waals surface area contributed by atoms with Gasteiger partial charge in [0, 0.05) is 0 Å². The second kappa shape index (κ2) is 8.35. The first-order chi connectivity index (χ1) is 12.9. The van der Waals surface area contributed by atoms with Gasteiger partial charge in [0.05, 0.1) is 0 Å². The third-order valence-corrected chi connectivity index (χ3v) is 22.7. The van der Waals surface area contributed by atoms with Crippen molar-refractivity contribution in [2.45, 2.75) is 0 Å². The normalized spacial score (nSPS) is 11.0. The van der Waals surface area contributed by atoms with E-state index in [4.69, 9.17) is 0 Å². The molecular weight excluding hydrogens is 389 g/mol. The predicted octanol–water partition coefficient (Wildman–Crippen LogP) is 2.42. The molecular formula is C24H21GeSi. The van der Waals surface area contributed by atoms with Crippen molar-refractivity contribution in [2.75, 3.05) is 0 Å². The van der Waals surface area contributed by atoms with Crippen LogP contribution in [0, 0.1) is 0 Å². The van der Waals surface area contributed by atoms with Crippen LogP contribution in [0.5, 0.6) is 0 Å². The molecule has 0 aliphatic carbocycles. The van der Waals surface area contributed by atoms with Gasteiger partial charge in [-0.3, -0.25) is 0 Å². The Balaban J connectivity index is 1.93. The van der Waals surface area contributed by atoms with Crippen LogP contribution >= 0.6 is 0 Å². The zero-order valence-electron chi connectivity index (χ0n) is 14.6. The number of benzene rings is 4. The Bertz CT molecular complexity index is 765. The summed E-state index contributed by atoms with van der Waals surface area (Å²) in [6.45, 7) is 0. The molecule has 0 fully saturated rings. The summed E-state index contributed by atoms with van der Waals surface area (Å²) in [5.41, 5.74) is 0. The average Bonchev–Trinajstić information content (AvgIpc) is 2.74. The molecule has 1 radical (unpaired) electrons. The van der Waals surface area contributed by atoms with Crippen LogP contribution in [0.4, 0.5) is 0 Å². The van der Waals surface area contributed by atoms with Crippen LogP contribution in [0.15, 0.2) is 121 Å². The molecule has 0 bridgehead atoms. The average molecular weight is 410 g/mol. The second-order valence-corrected chi connectivity index (χ2v) is 19.4. The summed E-state index contributed by atoms with van der Waals surface area (Å²) in [7, 11) is -1.35. The van der Waals surface area contributed by atoms with Crippen LogP contribution in [0.25, 0.3) is 0 Å². The molecule has 0 aliphatic rings. The van der Waals surface area contributed by atoms with Gasteiger partial charge in [0.2, 0.25) is 0 Å². The van der Waals surface area contributed by atoms with Gasteiger partial charge in [0.25, 0.3) is 0 Å². The van der Waals surface area contributed by atoms with Gasteiger partial charge in [-0.15, -0.1) is 0 Å². The maximum absolute atomic E-state index is 2.36. The van der Waals surface area contributed by atoms with Crippen molar-refractivity contribution in [3.63, 3.8) is 0 Å². The summed E-state index contributed by atoms with van der Waals surface area (Å²) < 4.78 is 3.14. The number of rotatable bonds is 5. The molecule has 0 saturated carbocycles. The zero-order chi connectivity index (χ0) is 17.6. The van der Waals surface area contributed by atoms with Gasteiger partial charge in [-0.2, -0.15) is 0 Å². The van der Waals surface area contributed by atoms with E-state index in [9.17, 15) is 0 Å². The first-order valence-electron chi connectivity index (χ1n) is 9.01. The molecule has 0 saturated heterocycles. The maximum atomic E-state index is 2.36. The number of hydrogen-bond acceptors (Lipinski definition) is 0. The minimum atomic E-state index is -1.74. The van der Waals surface area contributed by atoms with Crippen molar-refractivity contribution in [3.8, 4) is 0 Å². The van der Waals surface area contributed by atoms with E-state index in [2.05, 4.69) is 121 Å². The molecule has 4 aromatic carbocycles. The third kappa shape index (κ3) is 3.74. The predicted molar refractivity (Wildman–Crippen MR) is 117 cm³/mol. The zero-order valence-corrected chi connectivity index (χ0v) is 17.9. The van der Waals surface area contributed by atoms with Crippen molar-refractivity contribution in [2.24, 2.45) is 0 Å². The Morgan fingerprint density at radius 3 is 1.04 bits per heavy atom. The summed E-state index contributed by atoms with van der Waals surface area (Å²) in [6, 6.07) is 44.9. The molecule has 26 heavy (non-hydrogen) atoms. The fourth-order valence-electron chi connectivity index (χ4n) is 3.55. The van der Waals surface area contributed by atoms with Crippen LogP contribution in [0.1, 0.15) is 0 Å². The summed E-state index contributed by atoms with van der Waals surface area (Å²) >= 11 is -1.74. The fraction of sp³-hybridized carbons (Fsp3) is 0. The molecule has 0 aromatic heterocycles. The minimum absolute atomic E-state index is 1.35. The van der Waals surface area contributed by atoms with E-state index in [1.54, 1.807) is 19.2 Å². The molecule has 0 amide bonds. The fourth-order valence-corrected chi connectivity index (χ4v) is 22.3. The van der Waals surface area contributed by atoms with E-state index in [1.165, 1.54) is 0 Å². The van der Waals surface area contributed by atoms with Crippen molar-refractivity contribution in [1.82, 2.24) is 0 Å². The van der Waals surface area contributed by atoms with E-state index in [0.717, 1.165) is 0 Å². The molecule has 0 heterocycles. The van der Waals surface area contributed by atoms with Gasteiger partial charge in [-0.25, -0.2) is 0 Å². The van der Waals surface area contributed by atoms with Gasteiger partial charge < -0.3 is 0 Å². The topological polar surface area (TPSA) is 0 Å². The standard InChI is InChI=1S/C24H21GeSi/c1-5-13-21(14-6-1)25(22-15-7-2-8-16-22)26(23-17-9-3-10-18-23)24-19-11-4-12-20-24/h1-20,26H. The molecule has 0 N–H and O–H groups in total. The molecule has 125 valence electrons. The Hall–Kier alpha value is -2.36. The molecule has 0 atom stereocenters. The van der Waals surface area contributed by atoms with E-state index in [1.807, 2.05) is 0 Å². The summed E-state index contributed by atoms with van der Waals surface area (Å²) in [5, 5.41) is 3.11. The van der Waals surface area contributed by atoms with Gasteiger partial charge in [0.15, 0.2) is 0 Å². The molecule has 4 aromatic rings. The molecule has 0 nitrogen and oxygen atoms in total. The van der Waals surface area contributed by atoms with Crippen LogP contribution in [-0.4, -0.2) is 21.0 Å². The van der Waals surface area contributed by atoms with Gasteiger partial charge >= 0.3 is 162 Å². The molecule has 2 heteroatoms. The quantitative estimate of drug-likeness (QED) is 0.444. The Kier molecular flexibility index (Phi) is 5.48. The second-order valence-electron chi connectivity index (χ2n) is 6.40. The van der Waals surface area contributed by atoms with Gasteiger partial charge in [0.1, 0.15) is 0 Å². The summed E-state index contributed by atoms with van der Waals surface area (Å²) in [5.74, 6) is 0. The van der Waals surface area contributed by atoms with Crippen LogP contribution in [-0.2, 0) is 0 Å². The first kappa shape index (κ1) is 17.1. The molecule has 4 rings (SSSR count). The SMILES string of the molecule is c1ccc([SiH](c2ccccc2)[Ge]([c]2ccccc2)[c]2ccccc2)cc1. The summed E-state index contributed by atoms with van der Waals surface area (Å²) in [4.78, 5) is 0. The van der Waals surface area contributed by atoms with Crippen LogP contribution in [0.3, 0.4) is 0 Å². The Labute approximate surface area is 161 Å². The summed E-state index contributed by atoms with van der Waals surface area (Å²) in [6.07, 6.45) is 0. The van der Waals surface area contributed by atoms with Crippen molar-refractivity contribution in [3.05, 3.63) is 121 Å². The third-order valence-electron chi connectivity index (χ3n) is 4.72. The molecule has 0 unspecified atom stereocenters. The monoisotopic (exact) mass is 411 g/mol. The van der Waals surface area contributed by atoms with Crippen molar-refractivity contribution in [1.29, 1.82) is 0 Å². The van der Waals surface area contributed by atoms with E-state index < -0.39 is 21.0 Å². The van der Waals surface area contributed by atoms with Crippen molar-refractivity contribution < 1.29 is 0 Å². The van der Waals surface area contributed by atoms with Crippen molar-refractivity contribution >= 4 is 40.2 Å². The molecule has 0 spiro atoms. The van der Waals surface area contributed by atoms with Gasteiger partial charge in [-0.05, 0) is 0 Å². The van der Waals surface area contributed by atoms with E-state index in [0.29, 0.717) is 0 Å². The van der Waals surface area contributed by atoms with Crippen LogP contribution < -0.4 is 19.2 Å². The van der Waals surface area contributed by atoms with E-state index >= 15 is 0 Å². The molecule has 0 aliphatic heterocycles. The van der Waals surface area contributed by atoms with E-state index in [-0.39, 0.29) is 0 Å². The first-order valence-corrected chi connectivity index (χ1v) is 16.5. The Morgan fingerprint density at radius 1 is 0.385 bits per heavy atom. The Morgan fingerprint density at radius 2 is 0.692 bits per heavy atom. The van der Waals surface area contributed by atoms with Crippen LogP contribution in [0.2, 0.25) is 0 Å².